The average Bonchev–Trinajstić information content (AvgIpc) is 2.72. The van der Waals surface area contributed by atoms with Gasteiger partial charge in [0, 0.05) is 31.9 Å². The highest BCUT2D eigenvalue weighted by Gasteiger charge is 2.20. The molecule has 1 fully saturated rings. The van der Waals surface area contributed by atoms with Crippen molar-refractivity contribution in [1.29, 1.82) is 0 Å². The minimum Gasteiger partial charge on any atom is -0.456 e. The summed E-state index contributed by atoms with van der Waals surface area (Å²) in [7, 11) is 1.51. The monoisotopic (exact) mass is 387 g/mol. The number of anilines is 1. The molecule has 0 atom stereocenters. The molecule has 0 radical (unpaired) electrons. The number of carbonyl (C=O) groups excluding carboxylic acids is 2. The zero-order valence-electron chi connectivity index (χ0n) is 16.1. The molecule has 2 aromatic rings. The van der Waals surface area contributed by atoms with E-state index in [2.05, 4.69) is 15.2 Å². The van der Waals surface area contributed by atoms with Gasteiger partial charge in [0.25, 0.3) is 5.91 Å². The molecule has 150 valence electrons. The smallest absolute Gasteiger partial charge is 0.306 e. The maximum absolute atomic E-state index is 13.8. The lowest BCUT2D eigenvalue weighted by molar-refractivity contribution is -0.148. The van der Waals surface area contributed by atoms with Crippen molar-refractivity contribution < 1.29 is 18.7 Å². The number of nitrogens with one attached hydrogen (secondary N) is 1. The van der Waals surface area contributed by atoms with Gasteiger partial charge in [0.15, 0.2) is 6.61 Å². The van der Waals surface area contributed by atoms with Gasteiger partial charge in [0.05, 0.1) is 5.52 Å². The Morgan fingerprint density at radius 1 is 1.25 bits per heavy atom. The molecule has 28 heavy (non-hydrogen) atoms. The second kappa shape index (κ2) is 9.48. The fourth-order valence-electron chi connectivity index (χ4n) is 3.56. The minimum absolute atomic E-state index is 0.212. The summed E-state index contributed by atoms with van der Waals surface area (Å²) in [6.07, 6.45) is 4.16. The van der Waals surface area contributed by atoms with E-state index in [1.165, 1.54) is 13.1 Å². The van der Waals surface area contributed by atoms with E-state index in [9.17, 15) is 14.0 Å². The maximum Gasteiger partial charge on any atom is 0.306 e. The summed E-state index contributed by atoms with van der Waals surface area (Å²) in [5.74, 6) is 0.582. The molecule has 0 saturated carbocycles. The number of pyridine rings is 1. The first-order chi connectivity index (χ1) is 13.6. The first kappa shape index (κ1) is 20.0. The number of hydrogen-bond donors (Lipinski definition) is 1. The molecule has 1 aromatic heterocycles. The summed E-state index contributed by atoms with van der Waals surface area (Å²) < 4.78 is 18.7. The van der Waals surface area contributed by atoms with Gasteiger partial charge in [-0.25, -0.2) is 9.37 Å². The van der Waals surface area contributed by atoms with Crippen molar-refractivity contribution in [3.05, 3.63) is 36.1 Å². The topological polar surface area (TPSA) is 71.5 Å². The number of fused-ring (bicyclic) bond motifs is 1. The number of nitrogens with zero attached hydrogens (tertiary/aromatic N) is 2. The molecule has 1 aromatic carbocycles. The second-order valence-electron chi connectivity index (χ2n) is 7.13. The van der Waals surface area contributed by atoms with Crippen LogP contribution in [0.5, 0.6) is 0 Å². The van der Waals surface area contributed by atoms with Crippen LogP contribution < -0.4 is 10.2 Å². The van der Waals surface area contributed by atoms with E-state index in [0.717, 1.165) is 44.6 Å². The molecule has 1 aliphatic rings. The van der Waals surface area contributed by atoms with Crippen LogP contribution in [-0.4, -0.2) is 43.6 Å². The molecule has 0 spiro atoms. The number of likely N-dealkylation sites (N-methyl/N-ethyl adjacent to an activating group) is 1. The normalized spacial score (nSPS) is 14.9. The number of carbonyl (C=O) groups is 2. The molecule has 3 rings (SSSR count). The van der Waals surface area contributed by atoms with E-state index in [1.807, 2.05) is 12.1 Å². The first-order valence-electron chi connectivity index (χ1n) is 9.73. The van der Waals surface area contributed by atoms with Gasteiger partial charge < -0.3 is 15.0 Å². The molecule has 1 saturated heterocycles. The number of amides is 1. The van der Waals surface area contributed by atoms with Crippen LogP contribution in [0.25, 0.3) is 10.9 Å². The summed E-state index contributed by atoms with van der Waals surface area (Å²) in [4.78, 5) is 29.5. The largest absolute Gasteiger partial charge is 0.456 e. The summed E-state index contributed by atoms with van der Waals surface area (Å²) in [6, 6.07) is 8.64. The predicted molar refractivity (Wildman–Crippen MR) is 106 cm³/mol. The number of rotatable bonds is 7. The van der Waals surface area contributed by atoms with Crippen molar-refractivity contribution >= 4 is 28.6 Å². The summed E-state index contributed by atoms with van der Waals surface area (Å²) in [6.45, 7) is 1.59. The Morgan fingerprint density at radius 2 is 2.04 bits per heavy atom. The molecular formula is C21H26FN3O3. The van der Waals surface area contributed by atoms with Crippen LogP contribution >= 0.6 is 0 Å². The van der Waals surface area contributed by atoms with Crippen molar-refractivity contribution in [2.45, 2.75) is 32.1 Å². The average molecular weight is 387 g/mol. The summed E-state index contributed by atoms with van der Waals surface area (Å²) in [5, 5.41) is 2.96. The zero-order valence-corrected chi connectivity index (χ0v) is 16.1. The van der Waals surface area contributed by atoms with Gasteiger partial charge in [-0.1, -0.05) is 6.07 Å². The van der Waals surface area contributed by atoms with Crippen molar-refractivity contribution in [1.82, 2.24) is 10.3 Å². The number of aromatic nitrogens is 1. The van der Waals surface area contributed by atoms with Crippen molar-refractivity contribution in [3.63, 3.8) is 0 Å². The zero-order chi connectivity index (χ0) is 19.9. The van der Waals surface area contributed by atoms with Gasteiger partial charge in [0.1, 0.15) is 11.6 Å². The van der Waals surface area contributed by atoms with Gasteiger partial charge in [-0.15, -0.1) is 0 Å². The van der Waals surface area contributed by atoms with Crippen molar-refractivity contribution in [3.8, 4) is 0 Å². The third-order valence-electron chi connectivity index (χ3n) is 5.24. The predicted octanol–water partition coefficient (Wildman–Crippen LogP) is 3.05. The fraction of sp³-hybridized carbons (Fsp3) is 0.476. The van der Waals surface area contributed by atoms with Crippen LogP contribution in [0.1, 0.15) is 32.1 Å². The van der Waals surface area contributed by atoms with E-state index in [4.69, 9.17) is 4.74 Å². The quantitative estimate of drug-likeness (QED) is 0.740. The van der Waals surface area contributed by atoms with E-state index in [-0.39, 0.29) is 24.3 Å². The van der Waals surface area contributed by atoms with Crippen LogP contribution in [-0.2, 0) is 14.3 Å². The van der Waals surface area contributed by atoms with Crippen LogP contribution in [0, 0.1) is 11.7 Å². The lowest BCUT2D eigenvalue weighted by Gasteiger charge is -2.33. The highest BCUT2D eigenvalue weighted by Crippen LogP contribution is 2.27. The minimum atomic E-state index is -0.325. The van der Waals surface area contributed by atoms with Gasteiger partial charge in [-0.05, 0) is 55.9 Å². The number of benzene rings is 1. The molecule has 1 N–H and O–H groups in total. The Balaban J connectivity index is 1.42. The lowest BCUT2D eigenvalue weighted by Crippen LogP contribution is -2.34. The van der Waals surface area contributed by atoms with E-state index >= 15 is 0 Å². The highest BCUT2D eigenvalue weighted by molar-refractivity contribution is 5.81. The van der Waals surface area contributed by atoms with Crippen molar-refractivity contribution in [2.75, 3.05) is 31.6 Å². The van der Waals surface area contributed by atoms with Crippen LogP contribution in [0.2, 0.25) is 0 Å². The maximum atomic E-state index is 13.8. The number of hydrogen-bond acceptors (Lipinski definition) is 5. The molecule has 1 aliphatic heterocycles. The van der Waals surface area contributed by atoms with E-state index in [1.54, 1.807) is 12.1 Å². The Bertz CT molecular complexity index is 835. The van der Waals surface area contributed by atoms with E-state index in [0.29, 0.717) is 23.2 Å². The molecule has 6 nitrogen and oxygen atoms in total. The van der Waals surface area contributed by atoms with Gasteiger partial charge in [0.2, 0.25) is 0 Å². The third-order valence-corrected chi connectivity index (χ3v) is 5.24. The molecule has 7 heteroatoms. The number of piperidine rings is 1. The number of ether oxygens (including phenoxy) is 1. The fourth-order valence-corrected chi connectivity index (χ4v) is 3.56. The van der Waals surface area contributed by atoms with Crippen molar-refractivity contribution in [2.24, 2.45) is 5.92 Å². The van der Waals surface area contributed by atoms with Gasteiger partial charge in [-0.3, -0.25) is 9.59 Å². The Kier molecular flexibility index (Phi) is 6.79. The highest BCUT2D eigenvalue weighted by atomic mass is 19.1. The number of halogens is 1. The Hall–Kier alpha value is -2.70. The number of esters is 1. The molecule has 2 heterocycles. The molecule has 0 unspecified atom stereocenters. The molecule has 0 bridgehead atoms. The lowest BCUT2D eigenvalue weighted by atomic mass is 9.91. The van der Waals surface area contributed by atoms with Crippen LogP contribution in [0.3, 0.4) is 0 Å². The second-order valence-corrected chi connectivity index (χ2v) is 7.13. The summed E-state index contributed by atoms with van der Waals surface area (Å²) in [5.41, 5.74) is 0.676. The molecule has 1 amide bonds. The van der Waals surface area contributed by atoms with Crippen LogP contribution in [0.4, 0.5) is 10.2 Å². The van der Waals surface area contributed by atoms with E-state index < -0.39 is 0 Å². The van der Waals surface area contributed by atoms with Gasteiger partial charge >= 0.3 is 5.97 Å². The molecule has 0 aliphatic carbocycles. The molecular weight excluding hydrogens is 361 g/mol. The van der Waals surface area contributed by atoms with Crippen LogP contribution in [0.15, 0.2) is 30.3 Å². The Labute approximate surface area is 164 Å². The summed E-state index contributed by atoms with van der Waals surface area (Å²) >= 11 is 0. The van der Waals surface area contributed by atoms with Gasteiger partial charge in [-0.2, -0.15) is 0 Å². The first-order valence-corrected chi connectivity index (χ1v) is 9.73. The third kappa shape index (κ3) is 5.18. The SMILES string of the molecule is CNC(=O)COC(=O)CCCC1CCN(c2ccc3c(F)cccc3n2)CC1. The standard InChI is InChI=1S/C21H26FN3O3/c1-23-20(26)14-28-21(27)7-2-4-15-10-12-25(13-11-15)19-9-8-16-17(22)5-3-6-18(16)24-19/h3,5-6,8-9,15H,2,4,7,10-14H2,1H3,(H,23,26). The Morgan fingerprint density at radius 3 is 2.79 bits per heavy atom.